The third-order valence-electron chi connectivity index (χ3n) is 4.60. The van der Waals surface area contributed by atoms with Gasteiger partial charge in [-0.2, -0.15) is 0 Å². The zero-order chi connectivity index (χ0) is 16.4. The Morgan fingerprint density at radius 3 is 2.65 bits per heavy atom. The molecule has 0 bridgehead atoms. The molecule has 2 aliphatic rings. The van der Waals surface area contributed by atoms with Crippen LogP contribution in [0, 0.1) is 0 Å². The molecule has 2 fully saturated rings. The molecule has 2 saturated heterocycles. The maximum atomic E-state index is 12.1. The summed E-state index contributed by atoms with van der Waals surface area (Å²) in [5.74, 6) is 0.676. The second kappa shape index (κ2) is 6.70. The molecule has 2 N–H and O–H groups in total. The van der Waals surface area contributed by atoms with Crippen LogP contribution in [0.2, 0.25) is 0 Å². The first-order valence-electron chi connectivity index (χ1n) is 8.16. The predicted octanol–water partition coefficient (Wildman–Crippen LogP) is 0.308. The maximum Gasteiger partial charge on any atom is 0.225 e. The van der Waals surface area contributed by atoms with Crippen LogP contribution in [-0.2, 0) is 9.84 Å². The Bertz CT molecular complexity index is 651. The van der Waals surface area contributed by atoms with E-state index in [9.17, 15) is 13.5 Å². The van der Waals surface area contributed by atoms with Crippen LogP contribution in [0.25, 0.3) is 0 Å². The highest BCUT2D eigenvalue weighted by Gasteiger charge is 2.27. The molecule has 7 nitrogen and oxygen atoms in total. The topological polar surface area (TPSA) is 95.4 Å². The molecule has 0 unspecified atom stereocenters. The molecule has 2 aliphatic heterocycles. The van der Waals surface area contributed by atoms with E-state index >= 15 is 0 Å². The summed E-state index contributed by atoms with van der Waals surface area (Å²) in [5, 5.41) is 12.9. The van der Waals surface area contributed by atoms with Crippen molar-refractivity contribution < 1.29 is 13.5 Å². The molecule has 8 heteroatoms. The van der Waals surface area contributed by atoms with Gasteiger partial charge in [0.1, 0.15) is 4.90 Å². The minimum atomic E-state index is -3.35. The monoisotopic (exact) mass is 340 g/mol. The molecule has 128 valence electrons. The fourth-order valence-electron chi connectivity index (χ4n) is 3.26. The molecule has 1 aromatic heterocycles. The van der Waals surface area contributed by atoms with Crippen LogP contribution < -0.4 is 10.2 Å². The third kappa shape index (κ3) is 3.81. The fraction of sp³-hybridized carbons (Fsp3) is 0.733. The average Bonchev–Trinajstić information content (AvgIpc) is 2.55. The summed E-state index contributed by atoms with van der Waals surface area (Å²) >= 11 is 0. The Morgan fingerprint density at radius 1 is 1.30 bits per heavy atom. The van der Waals surface area contributed by atoms with Gasteiger partial charge in [0.15, 0.2) is 9.84 Å². The van der Waals surface area contributed by atoms with Crippen LogP contribution in [0.3, 0.4) is 0 Å². The van der Waals surface area contributed by atoms with E-state index in [1.165, 1.54) is 12.5 Å². The van der Waals surface area contributed by atoms with E-state index in [1.54, 1.807) is 0 Å². The lowest BCUT2D eigenvalue weighted by Gasteiger charge is -2.31. The quantitative estimate of drug-likeness (QED) is 0.817. The zero-order valence-electron chi connectivity index (χ0n) is 13.4. The van der Waals surface area contributed by atoms with Crippen molar-refractivity contribution in [3.05, 3.63) is 11.9 Å². The summed E-state index contributed by atoms with van der Waals surface area (Å²) in [7, 11) is -3.35. The van der Waals surface area contributed by atoms with Crippen LogP contribution in [0.15, 0.2) is 11.1 Å². The summed E-state index contributed by atoms with van der Waals surface area (Å²) in [6.07, 6.45) is 5.74. The van der Waals surface area contributed by atoms with Crippen molar-refractivity contribution in [2.45, 2.75) is 42.6 Å². The number of nitrogens with zero attached hydrogens (tertiary/aromatic N) is 3. The van der Waals surface area contributed by atoms with E-state index in [-0.39, 0.29) is 16.9 Å². The third-order valence-corrected chi connectivity index (χ3v) is 5.71. The van der Waals surface area contributed by atoms with Crippen molar-refractivity contribution in [2.75, 3.05) is 37.3 Å². The molecule has 3 rings (SSSR count). The molecule has 23 heavy (non-hydrogen) atoms. The lowest BCUT2D eigenvalue weighted by molar-refractivity contribution is 0.145. The Kier molecular flexibility index (Phi) is 4.84. The molecule has 0 aliphatic carbocycles. The van der Waals surface area contributed by atoms with Crippen molar-refractivity contribution in [1.29, 1.82) is 0 Å². The van der Waals surface area contributed by atoms with Gasteiger partial charge >= 0.3 is 0 Å². The highest BCUT2D eigenvalue weighted by Crippen LogP contribution is 2.29. The molecule has 0 radical (unpaired) electrons. The first-order valence-corrected chi connectivity index (χ1v) is 10.0. The number of hydrogen-bond acceptors (Lipinski definition) is 7. The smallest absolute Gasteiger partial charge is 0.225 e. The average molecular weight is 340 g/mol. The van der Waals surface area contributed by atoms with Gasteiger partial charge in [-0.1, -0.05) is 0 Å². The molecule has 1 aromatic rings. The summed E-state index contributed by atoms with van der Waals surface area (Å²) in [6, 6.07) is 0. The van der Waals surface area contributed by atoms with Gasteiger partial charge in [-0.25, -0.2) is 18.4 Å². The Balaban J connectivity index is 1.94. The van der Waals surface area contributed by atoms with E-state index in [0.717, 1.165) is 25.9 Å². The van der Waals surface area contributed by atoms with Gasteiger partial charge in [-0.05, 0) is 32.2 Å². The minimum Gasteiger partial charge on any atom is -0.393 e. The Hall–Kier alpha value is -1.25. The molecule has 0 saturated carbocycles. The number of anilines is 1. The van der Waals surface area contributed by atoms with Crippen molar-refractivity contribution in [2.24, 2.45) is 0 Å². The van der Waals surface area contributed by atoms with Gasteiger partial charge in [0.2, 0.25) is 5.95 Å². The van der Waals surface area contributed by atoms with Crippen molar-refractivity contribution in [1.82, 2.24) is 15.3 Å². The van der Waals surface area contributed by atoms with Gasteiger partial charge in [0.05, 0.1) is 18.0 Å². The SMILES string of the molecule is CS(=O)(=O)c1cnc(N2CCC(O)CC2)nc1[C@@H]1CCCNC1. The second-order valence-corrected chi connectivity index (χ2v) is 8.44. The fourth-order valence-corrected chi connectivity index (χ4v) is 4.09. The normalized spacial score (nSPS) is 23.9. The molecular weight excluding hydrogens is 316 g/mol. The van der Waals surface area contributed by atoms with Gasteiger partial charge in [-0.3, -0.25) is 0 Å². The largest absolute Gasteiger partial charge is 0.393 e. The number of piperidine rings is 2. The maximum absolute atomic E-state index is 12.1. The lowest BCUT2D eigenvalue weighted by Crippen LogP contribution is -2.37. The number of aliphatic hydroxyl groups excluding tert-OH is 1. The number of aliphatic hydroxyl groups is 1. The molecular formula is C15H24N4O3S. The molecule has 1 atom stereocenters. The van der Waals surface area contributed by atoms with E-state index in [4.69, 9.17) is 0 Å². The van der Waals surface area contributed by atoms with Crippen LogP contribution in [0.5, 0.6) is 0 Å². The van der Waals surface area contributed by atoms with E-state index in [1.807, 2.05) is 4.90 Å². The van der Waals surface area contributed by atoms with Crippen molar-refractivity contribution in [3.8, 4) is 0 Å². The number of aromatic nitrogens is 2. The van der Waals surface area contributed by atoms with Crippen LogP contribution in [0.1, 0.15) is 37.3 Å². The number of nitrogens with one attached hydrogen (secondary N) is 1. The van der Waals surface area contributed by atoms with E-state index in [2.05, 4.69) is 15.3 Å². The van der Waals surface area contributed by atoms with Gasteiger partial charge in [-0.15, -0.1) is 0 Å². The predicted molar refractivity (Wildman–Crippen MR) is 87.4 cm³/mol. The first-order chi connectivity index (χ1) is 10.9. The first kappa shape index (κ1) is 16.6. The zero-order valence-corrected chi connectivity index (χ0v) is 14.2. The van der Waals surface area contributed by atoms with Crippen LogP contribution in [0.4, 0.5) is 5.95 Å². The Labute approximate surface area is 137 Å². The standard InChI is InChI=1S/C15H24N4O3S/c1-23(21,22)13-10-17-15(19-7-4-12(20)5-8-19)18-14(13)11-3-2-6-16-9-11/h10-12,16,20H,2-9H2,1H3/t11-/m1/s1. The van der Waals surface area contributed by atoms with Crippen molar-refractivity contribution >= 4 is 15.8 Å². The van der Waals surface area contributed by atoms with Crippen LogP contribution >= 0.6 is 0 Å². The highest BCUT2D eigenvalue weighted by molar-refractivity contribution is 7.90. The van der Waals surface area contributed by atoms with Crippen molar-refractivity contribution in [3.63, 3.8) is 0 Å². The highest BCUT2D eigenvalue weighted by atomic mass is 32.2. The summed E-state index contributed by atoms with van der Waals surface area (Å²) in [6.45, 7) is 3.10. The minimum absolute atomic E-state index is 0.102. The van der Waals surface area contributed by atoms with Gasteiger partial charge < -0.3 is 15.3 Å². The molecule has 0 aromatic carbocycles. The van der Waals surface area contributed by atoms with E-state index in [0.29, 0.717) is 37.6 Å². The lowest BCUT2D eigenvalue weighted by atomic mass is 9.96. The number of rotatable bonds is 3. The summed E-state index contributed by atoms with van der Waals surface area (Å²) < 4.78 is 24.2. The number of sulfone groups is 1. The van der Waals surface area contributed by atoms with Gasteiger partial charge in [0.25, 0.3) is 0 Å². The second-order valence-electron chi connectivity index (χ2n) is 6.45. The molecule has 0 amide bonds. The molecule has 0 spiro atoms. The van der Waals surface area contributed by atoms with Gasteiger partial charge in [0, 0.05) is 31.8 Å². The summed E-state index contributed by atoms with van der Waals surface area (Å²) in [5.41, 5.74) is 0.635. The Morgan fingerprint density at radius 2 is 2.04 bits per heavy atom. The molecule has 3 heterocycles. The number of hydrogen-bond donors (Lipinski definition) is 2. The van der Waals surface area contributed by atoms with Crippen LogP contribution in [-0.4, -0.2) is 62.0 Å². The summed E-state index contributed by atoms with van der Waals surface area (Å²) in [4.78, 5) is 11.2. The van der Waals surface area contributed by atoms with E-state index < -0.39 is 9.84 Å².